The zero-order chi connectivity index (χ0) is 11.3. The van der Waals surface area contributed by atoms with E-state index in [1.54, 1.807) is 24.3 Å². The van der Waals surface area contributed by atoms with Gasteiger partial charge in [0.2, 0.25) is 0 Å². The monoisotopic (exact) mass is 220 g/mol. The predicted molar refractivity (Wildman–Crippen MR) is 63.6 cm³/mol. The van der Waals surface area contributed by atoms with E-state index >= 15 is 0 Å². The molecule has 78 valence electrons. The van der Waals surface area contributed by atoms with Gasteiger partial charge in [0.05, 0.1) is 17.7 Å². The lowest BCUT2D eigenvalue weighted by molar-refractivity contribution is 0.235. The quantitative estimate of drug-likeness (QED) is 0.778. The fraction of sp³-hybridized carbons (Fsp3) is 0.273. The number of ether oxygens (including phenoxy) is 1. The molecule has 0 atom stereocenters. The molecular formula is C11H12N2OS. The molecule has 0 heterocycles. The van der Waals surface area contributed by atoms with Gasteiger partial charge in [0.25, 0.3) is 5.17 Å². The van der Waals surface area contributed by atoms with Gasteiger partial charge >= 0.3 is 0 Å². The van der Waals surface area contributed by atoms with Crippen molar-refractivity contribution >= 4 is 23.1 Å². The fourth-order valence-corrected chi connectivity index (χ4v) is 1.30. The van der Waals surface area contributed by atoms with Crippen molar-refractivity contribution in [3.8, 4) is 6.07 Å². The van der Waals surface area contributed by atoms with Crippen molar-refractivity contribution in [1.29, 1.82) is 5.26 Å². The lowest BCUT2D eigenvalue weighted by Gasteiger charge is -2.12. The Labute approximate surface area is 94.7 Å². The Kier molecular flexibility index (Phi) is 4.07. The van der Waals surface area contributed by atoms with Gasteiger partial charge < -0.3 is 10.1 Å². The van der Waals surface area contributed by atoms with Crippen LogP contribution >= 0.6 is 12.2 Å². The first-order valence-corrected chi connectivity index (χ1v) is 5.00. The van der Waals surface area contributed by atoms with Crippen molar-refractivity contribution in [2.45, 2.75) is 20.0 Å². The minimum Gasteiger partial charge on any atom is -0.468 e. The third-order valence-electron chi connectivity index (χ3n) is 1.60. The van der Waals surface area contributed by atoms with Crippen LogP contribution in [0.5, 0.6) is 0 Å². The van der Waals surface area contributed by atoms with Crippen LogP contribution in [0, 0.1) is 11.3 Å². The first kappa shape index (κ1) is 11.5. The Balaban J connectivity index is 2.58. The Hall–Kier alpha value is -1.60. The number of hydrogen-bond donors (Lipinski definition) is 1. The molecule has 0 fully saturated rings. The molecule has 0 saturated carbocycles. The normalized spacial score (nSPS) is 9.47. The molecule has 3 nitrogen and oxygen atoms in total. The second-order valence-electron chi connectivity index (χ2n) is 3.27. The minimum absolute atomic E-state index is 0.0587. The number of hydrogen-bond acceptors (Lipinski definition) is 3. The highest BCUT2D eigenvalue weighted by Crippen LogP contribution is 2.09. The summed E-state index contributed by atoms with van der Waals surface area (Å²) in [4.78, 5) is 0. The van der Waals surface area contributed by atoms with Crippen LogP contribution in [0.1, 0.15) is 19.4 Å². The maximum absolute atomic E-state index is 8.61. The van der Waals surface area contributed by atoms with Gasteiger partial charge in [-0.05, 0) is 50.3 Å². The smallest absolute Gasteiger partial charge is 0.261 e. The number of benzene rings is 1. The molecule has 0 radical (unpaired) electrons. The number of nitriles is 1. The summed E-state index contributed by atoms with van der Waals surface area (Å²) in [5.41, 5.74) is 1.44. The largest absolute Gasteiger partial charge is 0.468 e. The average molecular weight is 220 g/mol. The molecular weight excluding hydrogens is 208 g/mol. The molecule has 0 unspecified atom stereocenters. The zero-order valence-electron chi connectivity index (χ0n) is 8.65. The first-order chi connectivity index (χ1) is 7.11. The molecule has 0 saturated heterocycles. The Morgan fingerprint density at radius 2 is 2.00 bits per heavy atom. The van der Waals surface area contributed by atoms with Gasteiger partial charge in [-0.15, -0.1) is 0 Å². The maximum atomic E-state index is 8.61. The van der Waals surface area contributed by atoms with Gasteiger partial charge in [-0.3, -0.25) is 0 Å². The van der Waals surface area contributed by atoms with Crippen molar-refractivity contribution in [3.05, 3.63) is 29.8 Å². The van der Waals surface area contributed by atoms with E-state index in [1.807, 2.05) is 19.9 Å². The van der Waals surface area contributed by atoms with Crippen LogP contribution in [0.2, 0.25) is 0 Å². The first-order valence-electron chi connectivity index (χ1n) is 4.59. The van der Waals surface area contributed by atoms with Gasteiger partial charge in [-0.25, -0.2) is 0 Å². The van der Waals surface area contributed by atoms with Gasteiger partial charge in [0.1, 0.15) is 0 Å². The summed E-state index contributed by atoms with van der Waals surface area (Å²) in [7, 11) is 0. The standard InChI is InChI=1S/C11H12N2OS/c1-8(2)14-11(15)13-10-5-3-9(7-12)4-6-10/h3-6,8H,1-2H3,(H,13,15). The van der Waals surface area contributed by atoms with Gasteiger partial charge in [-0.2, -0.15) is 5.26 Å². The molecule has 0 aliphatic heterocycles. The highest BCUT2D eigenvalue weighted by Gasteiger charge is 2.01. The summed E-state index contributed by atoms with van der Waals surface area (Å²) >= 11 is 4.98. The Morgan fingerprint density at radius 1 is 1.40 bits per heavy atom. The van der Waals surface area contributed by atoms with Crippen LogP contribution in [-0.2, 0) is 4.74 Å². The molecule has 15 heavy (non-hydrogen) atoms. The molecule has 0 spiro atoms. The van der Waals surface area contributed by atoms with Crippen molar-refractivity contribution < 1.29 is 4.74 Å². The topological polar surface area (TPSA) is 45.0 Å². The molecule has 0 amide bonds. The maximum Gasteiger partial charge on any atom is 0.261 e. The number of rotatable bonds is 2. The Morgan fingerprint density at radius 3 is 2.47 bits per heavy atom. The summed E-state index contributed by atoms with van der Waals surface area (Å²) in [6.07, 6.45) is 0.0587. The summed E-state index contributed by atoms with van der Waals surface area (Å²) in [5.74, 6) is 0. The van der Waals surface area contributed by atoms with Crippen molar-refractivity contribution in [2.24, 2.45) is 0 Å². The highest BCUT2D eigenvalue weighted by molar-refractivity contribution is 7.80. The van der Waals surface area contributed by atoms with Crippen molar-refractivity contribution in [2.75, 3.05) is 5.32 Å². The molecule has 4 heteroatoms. The van der Waals surface area contributed by atoms with E-state index in [0.717, 1.165) is 5.69 Å². The Bertz CT molecular complexity index is 379. The summed E-state index contributed by atoms with van der Waals surface area (Å²) in [5, 5.41) is 11.9. The fourth-order valence-electron chi connectivity index (χ4n) is 0.989. The van der Waals surface area contributed by atoms with Crippen LogP contribution in [0.25, 0.3) is 0 Å². The molecule has 1 rings (SSSR count). The van der Waals surface area contributed by atoms with E-state index < -0.39 is 0 Å². The van der Waals surface area contributed by atoms with Crippen molar-refractivity contribution in [1.82, 2.24) is 0 Å². The highest BCUT2D eigenvalue weighted by atomic mass is 32.1. The molecule has 1 aromatic rings. The van der Waals surface area contributed by atoms with Crippen LogP contribution < -0.4 is 5.32 Å². The molecule has 0 aliphatic carbocycles. The van der Waals surface area contributed by atoms with Crippen LogP contribution in [0.4, 0.5) is 5.69 Å². The second kappa shape index (κ2) is 5.32. The molecule has 0 aliphatic rings. The van der Waals surface area contributed by atoms with E-state index in [9.17, 15) is 0 Å². The summed E-state index contributed by atoms with van der Waals surface area (Å²) in [6.45, 7) is 3.82. The van der Waals surface area contributed by atoms with E-state index in [2.05, 4.69) is 5.32 Å². The van der Waals surface area contributed by atoms with E-state index in [1.165, 1.54) is 0 Å². The average Bonchev–Trinajstić information content (AvgIpc) is 2.17. The molecule has 0 aromatic heterocycles. The van der Waals surface area contributed by atoms with E-state index in [-0.39, 0.29) is 6.10 Å². The van der Waals surface area contributed by atoms with Crippen LogP contribution in [0.15, 0.2) is 24.3 Å². The SMILES string of the molecule is CC(C)OC(=S)Nc1ccc(C#N)cc1. The molecule has 1 N–H and O–H groups in total. The minimum atomic E-state index is 0.0587. The predicted octanol–water partition coefficient (Wildman–Crippen LogP) is 2.68. The molecule has 0 bridgehead atoms. The number of anilines is 1. The van der Waals surface area contributed by atoms with Crippen molar-refractivity contribution in [3.63, 3.8) is 0 Å². The second-order valence-corrected chi connectivity index (χ2v) is 3.64. The third kappa shape index (κ3) is 3.96. The number of thiocarbonyl (C=S) groups is 1. The lowest BCUT2D eigenvalue weighted by atomic mass is 10.2. The van der Waals surface area contributed by atoms with Gasteiger partial charge in [-0.1, -0.05) is 0 Å². The molecule has 1 aromatic carbocycles. The van der Waals surface area contributed by atoms with Crippen LogP contribution in [-0.4, -0.2) is 11.3 Å². The summed E-state index contributed by atoms with van der Waals surface area (Å²) in [6, 6.07) is 9.07. The number of nitrogens with zero attached hydrogens (tertiary/aromatic N) is 1. The third-order valence-corrected chi connectivity index (χ3v) is 1.80. The van der Waals surface area contributed by atoms with Crippen LogP contribution in [0.3, 0.4) is 0 Å². The van der Waals surface area contributed by atoms with E-state index in [4.69, 9.17) is 22.2 Å². The number of nitrogens with one attached hydrogen (secondary N) is 1. The zero-order valence-corrected chi connectivity index (χ0v) is 9.47. The lowest BCUT2D eigenvalue weighted by Crippen LogP contribution is -2.17. The van der Waals surface area contributed by atoms with Gasteiger partial charge in [0.15, 0.2) is 0 Å². The summed E-state index contributed by atoms with van der Waals surface area (Å²) < 4.78 is 5.27. The van der Waals surface area contributed by atoms with Gasteiger partial charge in [0, 0.05) is 5.69 Å². The van der Waals surface area contributed by atoms with E-state index in [0.29, 0.717) is 10.7 Å².